The lowest BCUT2D eigenvalue weighted by Crippen LogP contribution is -2.34. The van der Waals surface area contributed by atoms with Gasteiger partial charge >= 0.3 is 11.7 Å². The van der Waals surface area contributed by atoms with Gasteiger partial charge in [0.25, 0.3) is 11.8 Å². The Morgan fingerprint density at radius 3 is 2.68 bits per heavy atom. The number of nitrogens with zero attached hydrogens (tertiary/aromatic N) is 2. The van der Waals surface area contributed by atoms with Crippen molar-refractivity contribution in [3.05, 3.63) is 45.4 Å². The van der Waals surface area contributed by atoms with Crippen molar-refractivity contribution in [1.29, 1.82) is 0 Å². The normalized spacial score (nSPS) is 13.7. The van der Waals surface area contributed by atoms with E-state index in [-0.39, 0.29) is 17.9 Å². The first kappa shape index (κ1) is 18.0. The van der Waals surface area contributed by atoms with Crippen molar-refractivity contribution in [1.82, 2.24) is 4.90 Å². The molecular formula is C14H12FN3O7. The van der Waals surface area contributed by atoms with Crippen LogP contribution in [0.3, 0.4) is 0 Å². The summed E-state index contributed by atoms with van der Waals surface area (Å²) < 4.78 is 18.7. The lowest BCUT2D eigenvalue weighted by atomic mass is 10.1. The highest BCUT2D eigenvalue weighted by atomic mass is 19.1. The molecule has 0 radical (unpaired) electrons. The second-order valence-corrected chi connectivity index (χ2v) is 4.77. The van der Waals surface area contributed by atoms with Crippen molar-refractivity contribution in [3.8, 4) is 0 Å². The molecule has 1 aromatic rings. The lowest BCUT2D eigenvalue weighted by molar-refractivity contribution is -0.387. The number of ether oxygens (including phenoxy) is 1. The molecule has 2 rings (SSSR count). The van der Waals surface area contributed by atoms with Crippen molar-refractivity contribution >= 4 is 29.2 Å². The van der Waals surface area contributed by atoms with Gasteiger partial charge in [0, 0.05) is 12.1 Å². The molecule has 0 spiro atoms. The fraction of sp³-hybridized carbons (Fsp3) is 0.214. The number of methoxy groups -OCH3 is 1. The maximum atomic E-state index is 14.3. The SMILES string of the molecule is COC(=O)c1c(NC2=CC(=O)N(CCO)C2=O)ccc([N+](=O)[O-])c1F. The van der Waals surface area contributed by atoms with Gasteiger partial charge in [-0.25, -0.2) is 4.79 Å². The van der Waals surface area contributed by atoms with E-state index in [2.05, 4.69) is 10.1 Å². The molecule has 0 aliphatic carbocycles. The molecule has 1 aliphatic rings. The predicted molar refractivity (Wildman–Crippen MR) is 79.9 cm³/mol. The molecule has 0 aromatic heterocycles. The van der Waals surface area contributed by atoms with Crippen molar-refractivity contribution in [2.45, 2.75) is 0 Å². The Kier molecular flexibility index (Phi) is 5.08. The number of rotatable bonds is 6. The highest BCUT2D eigenvalue weighted by Crippen LogP contribution is 2.29. The fourth-order valence-electron chi connectivity index (χ4n) is 2.17. The van der Waals surface area contributed by atoms with Crippen LogP contribution in [0.15, 0.2) is 23.9 Å². The number of nitro benzene ring substituents is 1. The van der Waals surface area contributed by atoms with Gasteiger partial charge in [-0.15, -0.1) is 0 Å². The molecule has 0 unspecified atom stereocenters. The number of nitrogens with one attached hydrogen (secondary N) is 1. The Balaban J connectivity index is 2.44. The van der Waals surface area contributed by atoms with E-state index in [1.807, 2.05) is 0 Å². The maximum Gasteiger partial charge on any atom is 0.343 e. The summed E-state index contributed by atoms with van der Waals surface area (Å²) >= 11 is 0. The molecule has 0 saturated carbocycles. The van der Waals surface area contributed by atoms with E-state index in [9.17, 15) is 28.9 Å². The number of aliphatic hydroxyl groups is 1. The Labute approximate surface area is 139 Å². The lowest BCUT2D eigenvalue weighted by Gasteiger charge is -2.14. The van der Waals surface area contributed by atoms with Crippen LogP contribution in [0.1, 0.15) is 10.4 Å². The first-order valence-electron chi connectivity index (χ1n) is 6.82. The molecule has 132 valence electrons. The third-order valence-electron chi connectivity index (χ3n) is 3.31. The number of β-amino-alcohol motifs (C(OH)–C–C–N with tert-alkyl or cyclic N) is 1. The monoisotopic (exact) mass is 353 g/mol. The van der Waals surface area contributed by atoms with E-state index < -0.39 is 46.4 Å². The summed E-state index contributed by atoms with van der Waals surface area (Å²) in [5.74, 6) is -4.14. The number of aliphatic hydroxyl groups excluding tert-OH is 1. The van der Waals surface area contributed by atoms with E-state index in [0.29, 0.717) is 0 Å². The second kappa shape index (κ2) is 7.05. The largest absolute Gasteiger partial charge is 0.465 e. The van der Waals surface area contributed by atoms with Crippen LogP contribution in [-0.4, -0.2) is 53.0 Å². The second-order valence-electron chi connectivity index (χ2n) is 4.77. The average Bonchev–Trinajstić information content (AvgIpc) is 2.82. The van der Waals surface area contributed by atoms with Gasteiger partial charge in [-0.05, 0) is 6.07 Å². The third kappa shape index (κ3) is 3.30. The highest BCUT2D eigenvalue weighted by Gasteiger charge is 2.33. The molecular weight excluding hydrogens is 341 g/mol. The Morgan fingerprint density at radius 2 is 2.12 bits per heavy atom. The zero-order valence-corrected chi connectivity index (χ0v) is 12.8. The zero-order chi connectivity index (χ0) is 18.7. The quantitative estimate of drug-likeness (QED) is 0.319. The van der Waals surface area contributed by atoms with Crippen molar-refractivity contribution in [3.63, 3.8) is 0 Å². The molecule has 10 nitrogen and oxygen atoms in total. The van der Waals surface area contributed by atoms with Gasteiger partial charge in [-0.1, -0.05) is 0 Å². The third-order valence-corrected chi connectivity index (χ3v) is 3.31. The Hall–Kier alpha value is -3.34. The molecule has 0 saturated heterocycles. The van der Waals surface area contributed by atoms with Gasteiger partial charge in [-0.2, -0.15) is 4.39 Å². The molecule has 0 bridgehead atoms. The maximum absolute atomic E-state index is 14.3. The minimum absolute atomic E-state index is 0.238. The van der Waals surface area contributed by atoms with Crippen molar-refractivity contribution in [2.75, 3.05) is 25.6 Å². The van der Waals surface area contributed by atoms with Gasteiger partial charge in [-0.3, -0.25) is 24.6 Å². The number of benzene rings is 1. The van der Waals surface area contributed by atoms with Crippen LogP contribution >= 0.6 is 0 Å². The van der Waals surface area contributed by atoms with E-state index in [1.165, 1.54) is 0 Å². The van der Waals surface area contributed by atoms with Crippen molar-refractivity contribution < 1.29 is 33.5 Å². The summed E-state index contributed by atoms with van der Waals surface area (Å²) in [4.78, 5) is 46.1. The van der Waals surface area contributed by atoms with Gasteiger partial charge < -0.3 is 15.2 Å². The molecule has 0 fully saturated rings. The number of amides is 2. The summed E-state index contributed by atoms with van der Waals surface area (Å²) in [5, 5.41) is 22.0. The molecule has 2 amide bonds. The average molecular weight is 353 g/mol. The zero-order valence-electron chi connectivity index (χ0n) is 12.8. The minimum Gasteiger partial charge on any atom is -0.465 e. The summed E-state index contributed by atoms with van der Waals surface area (Å²) in [6, 6.07) is 1.82. The van der Waals surface area contributed by atoms with E-state index >= 15 is 0 Å². The molecule has 0 atom stereocenters. The number of carbonyl (C=O) groups is 3. The van der Waals surface area contributed by atoms with Crippen molar-refractivity contribution in [2.24, 2.45) is 0 Å². The molecule has 11 heteroatoms. The number of esters is 1. The summed E-state index contributed by atoms with van der Waals surface area (Å²) in [5.41, 5.74) is -2.29. The van der Waals surface area contributed by atoms with Crippen LogP contribution in [0.5, 0.6) is 0 Å². The standard InChI is InChI=1S/C14H12FN3O7/c1-25-14(22)11-7(2-3-9(12(11)15)18(23)24)16-8-6-10(20)17(4-5-19)13(8)21/h2-3,6,16,19H,4-5H2,1H3. The number of anilines is 1. The van der Waals surface area contributed by atoms with E-state index in [1.54, 1.807) is 0 Å². The van der Waals surface area contributed by atoms with Gasteiger partial charge in [0.2, 0.25) is 5.82 Å². The van der Waals surface area contributed by atoms with Gasteiger partial charge in [0.1, 0.15) is 11.3 Å². The smallest absolute Gasteiger partial charge is 0.343 e. The fourth-order valence-corrected chi connectivity index (χ4v) is 2.17. The van der Waals surface area contributed by atoms with Crippen LogP contribution in [-0.2, 0) is 14.3 Å². The van der Waals surface area contributed by atoms with E-state index in [4.69, 9.17) is 5.11 Å². The number of hydrogen-bond acceptors (Lipinski definition) is 8. The molecule has 25 heavy (non-hydrogen) atoms. The van der Waals surface area contributed by atoms with E-state index in [0.717, 1.165) is 30.2 Å². The summed E-state index contributed by atoms with van der Waals surface area (Å²) in [6.07, 6.45) is 0.901. The topological polar surface area (TPSA) is 139 Å². The van der Waals surface area contributed by atoms with Gasteiger partial charge in [0.15, 0.2) is 0 Å². The van der Waals surface area contributed by atoms with Crippen LogP contribution in [0, 0.1) is 15.9 Å². The Morgan fingerprint density at radius 1 is 1.44 bits per heavy atom. The number of hydrogen-bond donors (Lipinski definition) is 2. The van der Waals surface area contributed by atoms with Crippen LogP contribution in [0.4, 0.5) is 15.8 Å². The Bertz CT molecular complexity index is 806. The molecule has 1 aromatic carbocycles. The molecule has 1 aliphatic heterocycles. The minimum atomic E-state index is -1.44. The molecule has 1 heterocycles. The number of carbonyl (C=O) groups excluding carboxylic acids is 3. The first-order chi connectivity index (χ1) is 11.8. The van der Waals surface area contributed by atoms with Gasteiger partial charge in [0.05, 0.1) is 30.9 Å². The summed E-state index contributed by atoms with van der Waals surface area (Å²) in [7, 11) is 0.955. The highest BCUT2D eigenvalue weighted by molar-refractivity contribution is 6.17. The predicted octanol–water partition coefficient (Wildman–Crippen LogP) is 0.177. The number of halogens is 1. The number of imide groups is 1. The van der Waals surface area contributed by atoms with Crippen LogP contribution in [0.25, 0.3) is 0 Å². The molecule has 2 N–H and O–H groups in total. The van der Waals surface area contributed by atoms with Crippen LogP contribution < -0.4 is 5.32 Å². The van der Waals surface area contributed by atoms with Crippen LogP contribution in [0.2, 0.25) is 0 Å². The summed E-state index contributed by atoms with van der Waals surface area (Å²) in [6.45, 7) is -0.685. The number of nitro groups is 1. The first-order valence-corrected chi connectivity index (χ1v) is 6.82.